The van der Waals surface area contributed by atoms with Gasteiger partial charge in [0, 0.05) is 6.42 Å². The molecule has 0 spiro atoms. The van der Waals surface area contributed by atoms with Crippen LogP contribution >= 0.6 is 0 Å². The maximum atomic E-state index is 11.6. The van der Waals surface area contributed by atoms with E-state index in [2.05, 4.69) is 5.32 Å². The molecule has 0 saturated heterocycles. The Morgan fingerprint density at radius 1 is 0.958 bits per heavy atom. The Morgan fingerprint density at radius 2 is 1.67 bits per heavy atom. The highest BCUT2D eigenvalue weighted by molar-refractivity contribution is 5.78. The highest BCUT2D eigenvalue weighted by atomic mass is 16.5. The number of hydrogen-bond acceptors (Lipinski definition) is 4. The van der Waals surface area contributed by atoms with Crippen LogP contribution < -0.4 is 10.1 Å². The third kappa shape index (κ3) is 6.52. The smallest absolute Gasteiger partial charge is 0.407 e. The Balaban J connectivity index is 1.62. The zero-order chi connectivity index (χ0) is 17.2. The van der Waals surface area contributed by atoms with Crippen molar-refractivity contribution in [3.05, 3.63) is 65.7 Å². The summed E-state index contributed by atoms with van der Waals surface area (Å²) in [4.78, 5) is 22.6. The molecule has 1 amide bonds. The van der Waals surface area contributed by atoms with E-state index < -0.39 is 6.09 Å². The minimum absolute atomic E-state index is 0.127. The van der Waals surface area contributed by atoms with E-state index in [0.29, 0.717) is 25.3 Å². The molecule has 5 nitrogen and oxygen atoms in total. The average molecular weight is 327 g/mol. The average Bonchev–Trinajstić information content (AvgIpc) is 2.59. The van der Waals surface area contributed by atoms with Crippen LogP contribution in [0.5, 0.6) is 5.75 Å². The van der Waals surface area contributed by atoms with Gasteiger partial charge in [-0.25, -0.2) is 4.79 Å². The second-order valence-corrected chi connectivity index (χ2v) is 5.36. The van der Waals surface area contributed by atoms with Crippen LogP contribution in [0.4, 0.5) is 4.79 Å². The first-order valence-corrected chi connectivity index (χ1v) is 7.79. The molecule has 2 rings (SSSR count). The summed E-state index contributed by atoms with van der Waals surface area (Å²) in [5.41, 5.74) is 1.90. The number of nitrogens with one attached hydrogen (secondary N) is 1. The van der Waals surface area contributed by atoms with Crippen molar-refractivity contribution in [2.75, 3.05) is 13.2 Å². The van der Waals surface area contributed by atoms with Gasteiger partial charge < -0.3 is 14.8 Å². The maximum Gasteiger partial charge on any atom is 0.407 e. The third-order valence-corrected chi connectivity index (χ3v) is 3.23. The minimum Gasteiger partial charge on any atom is -0.492 e. The molecule has 2 aromatic rings. The van der Waals surface area contributed by atoms with Crippen LogP contribution in [-0.4, -0.2) is 25.0 Å². The van der Waals surface area contributed by atoms with Crippen molar-refractivity contribution < 1.29 is 19.1 Å². The number of ketones is 1. The van der Waals surface area contributed by atoms with Gasteiger partial charge in [-0.2, -0.15) is 0 Å². The predicted molar refractivity (Wildman–Crippen MR) is 91.0 cm³/mol. The Morgan fingerprint density at radius 3 is 2.33 bits per heavy atom. The van der Waals surface area contributed by atoms with E-state index in [1.54, 1.807) is 6.92 Å². The molecule has 0 heterocycles. The number of benzene rings is 2. The van der Waals surface area contributed by atoms with Crippen molar-refractivity contribution in [1.29, 1.82) is 0 Å². The van der Waals surface area contributed by atoms with Gasteiger partial charge in [0.05, 0.1) is 6.54 Å². The summed E-state index contributed by atoms with van der Waals surface area (Å²) >= 11 is 0. The number of carbonyl (C=O) groups is 2. The second kappa shape index (κ2) is 9.35. The summed E-state index contributed by atoms with van der Waals surface area (Å²) in [6.07, 6.45) is -0.0472. The van der Waals surface area contributed by atoms with E-state index in [9.17, 15) is 9.59 Å². The van der Waals surface area contributed by atoms with Gasteiger partial charge in [-0.15, -0.1) is 0 Å². The number of amides is 1. The molecular weight excluding hydrogens is 306 g/mol. The summed E-state index contributed by atoms with van der Waals surface area (Å²) in [7, 11) is 0. The molecule has 0 atom stereocenters. The number of carbonyl (C=O) groups excluding carboxylic acids is 2. The highest BCUT2D eigenvalue weighted by Gasteiger charge is 2.02. The molecule has 2 aromatic carbocycles. The molecule has 24 heavy (non-hydrogen) atoms. The summed E-state index contributed by atoms with van der Waals surface area (Å²) in [6.45, 7) is 2.49. The summed E-state index contributed by atoms with van der Waals surface area (Å²) in [6, 6.07) is 16.8. The van der Waals surface area contributed by atoms with Crippen LogP contribution in [0.15, 0.2) is 54.6 Å². The van der Waals surface area contributed by atoms with E-state index in [4.69, 9.17) is 9.47 Å². The standard InChI is InChI=1S/C19H21NO4/c1-15(21)13-16-7-9-18(10-8-16)23-12-11-20-19(22)24-14-17-5-3-2-4-6-17/h2-10H,11-14H2,1H3,(H,20,22). The highest BCUT2D eigenvalue weighted by Crippen LogP contribution is 2.12. The molecule has 0 bridgehead atoms. The molecule has 0 aliphatic heterocycles. The van der Waals surface area contributed by atoms with Gasteiger partial charge in [-0.05, 0) is 30.2 Å². The first kappa shape index (κ1) is 17.5. The molecule has 0 saturated carbocycles. The fourth-order valence-corrected chi connectivity index (χ4v) is 2.09. The first-order valence-electron chi connectivity index (χ1n) is 7.79. The van der Waals surface area contributed by atoms with Crippen molar-refractivity contribution in [3.8, 4) is 5.75 Å². The van der Waals surface area contributed by atoms with Gasteiger partial charge in [0.15, 0.2) is 0 Å². The van der Waals surface area contributed by atoms with E-state index in [0.717, 1.165) is 11.1 Å². The SMILES string of the molecule is CC(=O)Cc1ccc(OCCNC(=O)OCc2ccccc2)cc1. The van der Waals surface area contributed by atoms with Gasteiger partial charge >= 0.3 is 6.09 Å². The van der Waals surface area contributed by atoms with Crippen LogP contribution in [-0.2, 0) is 22.6 Å². The van der Waals surface area contributed by atoms with Gasteiger partial charge in [0.2, 0.25) is 0 Å². The molecule has 0 radical (unpaired) electrons. The zero-order valence-electron chi connectivity index (χ0n) is 13.7. The third-order valence-electron chi connectivity index (χ3n) is 3.23. The van der Waals surface area contributed by atoms with Crippen molar-refractivity contribution in [1.82, 2.24) is 5.32 Å². The fraction of sp³-hybridized carbons (Fsp3) is 0.263. The van der Waals surface area contributed by atoms with Gasteiger partial charge in [0.25, 0.3) is 0 Å². The minimum atomic E-state index is -0.473. The quantitative estimate of drug-likeness (QED) is 0.757. The lowest BCUT2D eigenvalue weighted by molar-refractivity contribution is -0.116. The number of alkyl carbamates (subject to hydrolysis) is 1. The number of Topliss-reactive ketones (excluding diaryl/α,β-unsaturated/α-hetero) is 1. The lowest BCUT2D eigenvalue weighted by Crippen LogP contribution is -2.28. The van der Waals surface area contributed by atoms with E-state index >= 15 is 0 Å². The molecule has 0 aromatic heterocycles. The molecule has 0 aliphatic rings. The summed E-state index contributed by atoms with van der Waals surface area (Å²) in [5.74, 6) is 0.823. The lowest BCUT2D eigenvalue weighted by atomic mass is 10.1. The summed E-state index contributed by atoms with van der Waals surface area (Å²) < 4.78 is 10.6. The molecular formula is C19H21NO4. The first-order chi connectivity index (χ1) is 11.6. The number of rotatable bonds is 8. The predicted octanol–water partition coefficient (Wildman–Crippen LogP) is 3.12. The molecule has 0 unspecified atom stereocenters. The van der Waals surface area contributed by atoms with Crippen LogP contribution in [0.25, 0.3) is 0 Å². The van der Waals surface area contributed by atoms with Gasteiger partial charge in [-0.3, -0.25) is 4.79 Å². The van der Waals surface area contributed by atoms with Gasteiger partial charge in [0.1, 0.15) is 24.7 Å². The number of hydrogen-bond donors (Lipinski definition) is 1. The van der Waals surface area contributed by atoms with Crippen molar-refractivity contribution in [3.63, 3.8) is 0 Å². The Bertz CT molecular complexity index is 653. The topological polar surface area (TPSA) is 64.6 Å². The Kier molecular flexibility index (Phi) is 6.83. The Labute approximate surface area is 141 Å². The van der Waals surface area contributed by atoms with Crippen LogP contribution in [0.3, 0.4) is 0 Å². The van der Waals surface area contributed by atoms with Crippen molar-refractivity contribution in [2.24, 2.45) is 0 Å². The molecule has 0 fully saturated rings. The normalized spacial score (nSPS) is 10.0. The number of ether oxygens (including phenoxy) is 2. The van der Waals surface area contributed by atoms with Crippen LogP contribution in [0, 0.1) is 0 Å². The monoisotopic (exact) mass is 327 g/mol. The molecule has 5 heteroatoms. The Hall–Kier alpha value is -2.82. The van der Waals surface area contributed by atoms with E-state index in [-0.39, 0.29) is 12.4 Å². The summed E-state index contributed by atoms with van der Waals surface area (Å²) in [5, 5.41) is 2.63. The largest absolute Gasteiger partial charge is 0.492 e. The lowest BCUT2D eigenvalue weighted by Gasteiger charge is -2.09. The van der Waals surface area contributed by atoms with Crippen LogP contribution in [0.2, 0.25) is 0 Å². The fourth-order valence-electron chi connectivity index (χ4n) is 2.09. The second-order valence-electron chi connectivity index (χ2n) is 5.36. The molecule has 126 valence electrons. The molecule has 1 N–H and O–H groups in total. The van der Waals surface area contributed by atoms with E-state index in [1.165, 1.54) is 0 Å². The van der Waals surface area contributed by atoms with Crippen molar-refractivity contribution in [2.45, 2.75) is 20.0 Å². The zero-order valence-corrected chi connectivity index (χ0v) is 13.7. The molecule has 0 aliphatic carbocycles. The van der Waals surface area contributed by atoms with E-state index in [1.807, 2.05) is 54.6 Å². The van der Waals surface area contributed by atoms with Crippen LogP contribution in [0.1, 0.15) is 18.1 Å². The van der Waals surface area contributed by atoms with Crippen molar-refractivity contribution >= 4 is 11.9 Å². The maximum absolute atomic E-state index is 11.6. The van der Waals surface area contributed by atoms with Gasteiger partial charge in [-0.1, -0.05) is 42.5 Å².